The Hall–Kier alpha value is -1.46. The number of benzene rings is 1. The van der Waals surface area contributed by atoms with E-state index in [0.29, 0.717) is 12.0 Å². The van der Waals surface area contributed by atoms with E-state index >= 15 is 0 Å². The molecule has 0 fully saturated rings. The summed E-state index contributed by atoms with van der Waals surface area (Å²) < 4.78 is 5.74. The summed E-state index contributed by atoms with van der Waals surface area (Å²) in [7, 11) is 0. The molecule has 96 valence electrons. The van der Waals surface area contributed by atoms with E-state index < -0.39 is 0 Å². The number of para-hydroxylation sites is 1. The van der Waals surface area contributed by atoms with Crippen LogP contribution in [-0.2, 0) is 0 Å². The first kappa shape index (κ1) is 13.0. The Labute approximate surface area is 110 Å². The highest BCUT2D eigenvalue weighted by Gasteiger charge is 2.26. The van der Waals surface area contributed by atoms with Gasteiger partial charge in [-0.3, -0.25) is 0 Å². The highest BCUT2D eigenvalue weighted by molar-refractivity contribution is 5.37. The van der Waals surface area contributed by atoms with Gasteiger partial charge >= 0.3 is 0 Å². The Kier molecular flexibility index (Phi) is 4.66. The number of nitrogens with one attached hydrogen (secondary N) is 1. The van der Waals surface area contributed by atoms with E-state index in [1.54, 1.807) is 0 Å². The van der Waals surface area contributed by atoms with E-state index in [0.717, 1.165) is 38.2 Å². The van der Waals surface area contributed by atoms with Crippen LogP contribution in [0.15, 0.2) is 24.3 Å². The normalized spacial score (nSPS) is 21.8. The summed E-state index contributed by atoms with van der Waals surface area (Å²) in [6, 6.07) is 8.71. The number of hydrogen-bond donors (Lipinski definition) is 1. The van der Waals surface area contributed by atoms with Crippen LogP contribution in [0.3, 0.4) is 0 Å². The molecule has 1 aliphatic heterocycles. The molecule has 1 aromatic rings. The van der Waals surface area contributed by atoms with Crippen LogP contribution in [0.2, 0.25) is 0 Å². The fourth-order valence-corrected chi connectivity index (χ4v) is 2.41. The first-order valence-electron chi connectivity index (χ1n) is 6.71. The molecule has 1 heterocycles. The van der Waals surface area contributed by atoms with Gasteiger partial charge in [-0.1, -0.05) is 25.1 Å². The number of fused-ring (bicyclic) bond motifs is 1. The van der Waals surface area contributed by atoms with Gasteiger partial charge in [0.1, 0.15) is 5.75 Å². The van der Waals surface area contributed by atoms with Gasteiger partial charge in [-0.25, -0.2) is 0 Å². The van der Waals surface area contributed by atoms with Crippen LogP contribution in [0.1, 0.15) is 37.8 Å². The molecule has 18 heavy (non-hydrogen) atoms. The third-order valence-corrected chi connectivity index (χ3v) is 3.44. The third kappa shape index (κ3) is 3.05. The summed E-state index contributed by atoms with van der Waals surface area (Å²) >= 11 is 0. The molecule has 2 nitrogen and oxygen atoms in total. The average Bonchev–Trinajstić information content (AvgIpc) is 2.41. The summed E-state index contributed by atoms with van der Waals surface area (Å²) in [4.78, 5) is 0. The Morgan fingerprint density at radius 1 is 1.39 bits per heavy atom. The van der Waals surface area contributed by atoms with Gasteiger partial charge < -0.3 is 10.1 Å². The second-order valence-corrected chi connectivity index (χ2v) is 4.92. The van der Waals surface area contributed by atoms with Crippen molar-refractivity contribution in [1.82, 2.24) is 5.32 Å². The molecule has 1 aliphatic rings. The molecule has 1 N–H and O–H groups in total. The molecule has 0 spiro atoms. The highest BCUT2D eigenvalue weighted by Crippen LogP contribution is 2.34. The Balaban J connectivity index is 1.93. The monoisotopic (exact) mass is 243 g/mol. The van der Waals surface area contributed by atoms with Crippen LogP contribution in [0.25, 0.3) is 0 Å². The van der Waals surface area contributed by atoms with Gasteiger partial charge in [-0.2, -0.15) is 0 Å². The molecular weight excluding hydrogens is 222 g/mol. The first-order chi connectivity index (χ1) is 8.83. The Bertz CT molecular complexity index is 421. The van der Waals surface area contributed by atoms with Crippen molar-refractivity contribution in [1.29, 1.82) is 0 Å². The lowest BCUT2D eigenvalue weighted by atomic mass is 9.92. The molecule has 2 unspecified atom stereocenters. The van der Waals surface area contributed by atoms with Gasteiger partial charge in [-0.15, -0.1) is 12.3 Å². The molecule has 0 radical (unpaired) electrons. The van der Waals surface area contributed by atoms with E-state index in [2.05, 4.69) is 30.3 Å². The Morgan fingerprint density at radius 2 is 2.22 bits per heavy atom. The number of unbranched alkanes of at least 4 members (excludes halogenated alkanes) is 2. The number of ether oxygens (including phenoxy) is 1. The van der Waals surface area contributed by atoms with Gasteiger partial charge in [0.25, 0.3) is 0 Å². The lowest BCUT2D eigenvalue weighted by Gasteiger charge is -2.32. The van der Waals surface area contributed by atoms with Crippen LogP contribution in [0.5, 0.6) is 5.75 Å². The zero-order valence-corrected chi connectivity index (χ0v) is 11.0. The van der Waals surface area contributed by atoms with E-state index in [9.17, 15) is 0 Å². The van der Waals surface area contributed by atoms with Crippen LogP contribution in [-0.4, -0.2) is 13.2 Å². The second-order valence-electron chi connectivity index (χ2n) is 4.92. The predicted molar refractivity (Wildman–Crippen MR) is 74.5 cm³/mol. The van der Waals surface area contributed by atoms with Crippen molar-refractivity contribution in [3.8, 4) is 18.1 Å². The Morgan fingerprint density at radius 3 is 3.06 bits per heavy atom. The van der Waals surface area contributed by atoms with Gasteiger partial charge in [0, 0.05) is 23.9 Å². The van der Waals surface area contributed by atoms with E-state index in [-0.39, 0.29) is 0 Å². The molecular formula is C16H21NO. The van der Waals surface area contributed by atoms with E-state index in [1.165, 1.54) is 5.56 Å². The summed E-state index contributed by atoms with van der Waals surface area (Å²) in [5, 5.41) is 3.64. The van der Waals surface area contributed by atoms with Gasteiger partial charge in [-0.05, 0) is 25.5 Å². The molecule has 0 aliphatic carbocycles. The quantitative estimate of drug-likeness (QED) is 0.633. The van der Waals surface area contributed by atoms with Crippen LogP contribution in [0, 0.1) is 18.3 Å². The standard InChI is InChI=1S/C16H21NO/c1-3-4-5-8-11-17-16-13(2)12-18-15-10-7-6-9-14(15)16/h1,6-7,9-10,13,16-17H,4-5,8,11-12H2,2H3. The van der Waals surface area contributed by atoms with Gasteiger partial charge in [0.2, 0.25) is 0 Å². The number of rotatable bonds is 5. The van der Waals surface area contributed by atoms with E-state index in [4.69, 9.17) is 11.2 Å². The SMILES string of the molecule is C#CCCCCNC1c2ccccc2OCC1C. The van der Waals surface area contributed by atoms with Crippen molar-refractivity contribution in [3.05, 3.63) is 29.8 Å². The van der Waals surface area contributed by atoms with Crippen LogP contribution in [0.4, 0.5) is 0 Å². The molecule has 0 amide bonds. The topological polar surface area (TPSA) is 21.3 Å². The molecule has 0 saturated carbocycles. The smallest absolute Gasteiger partial charge is 0.124 e. The van der Waals surface area contributed by atoms with Gasteiger partial charge in [0.05, 0.1) is 6.61 Å². The molecule has 2 rings (SSSR count). The molecule has 0 saturated heterocycles. The summed E-state index contributed by atoms with van der Waals surface area (Å²) in [5.74, 6) is 4.21. The van der Waals surface area contributed by atoms with Crippen molar-refractivity contribution >= 4 is 0 Å². The van der Waals surface area contributed by atoms with Crippen LogP contribution < -0.4 is 10.1 Å². The van der Waals surface area contributed by atoms with Crippen molar-refractivity contribution < 1.29 is 4.74 Å². The molecule has 2 heteroatoms. The predicted octanol–water partition coefficient (Wildman–Crippen LogP) is 3.15. The number of terminal acetylenes is 1. The lowest BCUT2D eigenvalue weighted by Crippen LogP contribution is -2.34. The highest BCUT2D eigenvalue weighted by atomic mass is 16.5. The van der Waals surface area contributed by atoms with Crippen LogP contribution >= 0.6 is 0 Å². The van der Waals surface area contributed by atoms with Crippen molar-refractivity contribution in [2.24, 2.45) is 5.92 Å². The molecule has 0 aromatic heterocycles. The average molecular weight is 243 g/mol. The fraction of sp³-hybridized carbons (Fsp3) is 0.500. The second kappa shape index (κ2) is 6.47. The molecule has 1 aromatic carbocycles. The van der Waals surface area contributed by atoms with E-state index in [1.807, 2.05) is 12.1 Å². The fourth-order valence-electron chi connectivity index (χ4n) is 2.41. The minimum Gasteiger partial charge on any atom is -0.493 e. The molecule has 0 bridgehead atoms. The summed E-state index contributed by atoms with van der Waals surface area (Å²) in [5.41, 5.74) is 1.29. The summed E-state index contributed by atoms with van der Waals surface area (Å²) in [6.07, 6.45) is 8.36. The minimum atomic E-state index is 0.404. The first-order valence-corrected chi connectivity index (χ1v) is 6.71. The van der Waals surface area contributed by atoms with Crippen molar-refractivity contribution in [2.45, 2.75) is 32.2 Å². The zero-order valence-electron chi connectivity index (χ0n) is 11.0. The lowest BCUT2D eigenvalue weighted by molar-refractivity contribution is 0.188. The minimum absolute atomic E-state index is 0.404. The maximum Gasteiger partial charge on any atom is 0.124 e. The zero-order chi connectivity index (χ0) is 12.8. The number of hydrogen-bond acceptors (Lipinski definition) is 2. The maximum absolute atomic E-state index is 5.74. The largest absolute Gasteiger partial charge is 0.493 e. The van der Waals surface area contributed by atoms with Crippen molar-refractivity contribution in [3.63, 3.8) is 0 Å². The maximum atomic E-state index is 5.74. The molecule has 2 atom stereocenters. The summed E-state index contributed by atoms with van der Waals surface area (Å²) in [6.45, 7) is 4.04. The van der Waals surface area contributed by atoms with Gasteiger partial charge in [0.15, 0.2) is 0 Å². The third-order valence-electron chi connectivity index (χ3n) is 3.44. The van der Waals surface area contributed by atoms with Crippen molar-refractivity contribution in [2.75, 3.05) is 13.2 Å².